The van der Waals surface area contributed by atoms with E-state index in [0.29, 0.717) is 45.7 Å². The molecule has 1 saturated carbocycles. The first-order chi connectivity index (χ1) is 18.4. The molecule has 1 unspecified atom stereocenters. The third kappa shape index (κ3) is 5.89. The topological polar surface area (TPSA) is 129 Å². The SMILES string of the molecule is Cc1ccc(OCC(O)CO)c(-c2nc3nc(C#N)nc(NCCC4CC4)c3n2Cc2ccc(Cl)cc2)c1. The predicted octanol–water partition coefficient (Wildman–Crippen LogP) is 4.32. The van der Waals surface area contributed by atoms with Crippen molar-refractivity contribution in [3.05, 3.63) is 64.4 Å². The standard InChI is InChI=1S/C28H29ClN6O3/c1-17-2-9-23(38-16-21(37)15-36)22(12-17)28-34-27-25(35(28)14-19-5-7-20(29)8-6-19)26(32-24(13-30)33-27)31-11-10-18-3-4-18/h2,5-9,12,18,21,36-37H,3-4,10-11,14-16H2,1H3,(H,31,32,33). The molecule has 10 heteroatoms. The van der Waals surface area contributed by atoms with Crippen LogP contribution in [0, 0.1) is 24.2 Å². The number of imidazole rings is 1. The van der Waals surface area contributed by atoms with E-state index in [1.54, 1.807) is 0 Å². The van der Waals surface area contributed by atoms with Gasteiger partial charge in [-0.05, 0) is 49.1 Å². The summed E-state index contributed by atoms with van der Waals surface area (Å²) in [6.07, 6.45) is 2.53. The number of ether oxygens (including phenoxy) is 1. The first-order valence-electron chi connectivity index (χ1n) is 12.6. The van der Waals surface area contributed by atoms with Crippen LogP contribution >= 0.6 is 11.6 Å². The number of hydrogen-bond donors (Lipinski definition) is 3. The summed E-state index contributed by atoms with van der Waals surface area (Å²) in [5, 5.41) is 32.8. The summed E-state index contributed by atoms with van der Waals surface area (Å²) in [4.78, 5) is 13.8. The highest BCUT2D eigenvalue weighted by molar-refractivity contribution is 6.30. The van der Waals surface area contributed by atoms with Crippen LogP contribution in [0.5, 0.6) is 5.75 Å². The number of fused-ring (bicyclic) bond motifs is 1. The van der Waals surface area contributed by atoms with E-state index < -0.39 is 12.7 Å². The summed E-state index contributed by atoms with van der Waals surface area (Å²) >= 11 is 6.14. The number of aliphatic hydroxyl groups excluding tert-OH is 2. The first kappa shape index (κ1) is 25.9. The van der Waals surface area contributed by atoms with Crippen molar-refractivity contribution < 1.29 is 14.9 Å². The van der Waals surface area contributed by atoms with Crippen LogP contribution in [0.2, 0.25) is 5.02 Å². The van der Waals surface area contributed by atoms with E-state index in [0.717, 1.165) is 30.0 Å². The minimum Gasteiger partial charge on any atom is -0.490 e. The van der Waals surface area contributed by atoms with Gasteiger partial charge < -0.3 is 24.8 Å². The van der Waals surface area contributed by atoms with Crippen LogP contribution in [0.3, 0.4) is 0 Å². The van der Waals surface area contributed by atoms with Gasteiger partial charge in [0.05, 0.1) is 12.2 Å². The molecule has 196 valence electrons. The molecule has 0 aliphatic heterocycles. The molecule has 1 atom stereocenters. The molecule has 2 heterocycles. The van der Waals surface area contributed by atoms with Crippen LogP contribution < -0.4 is 10.1 Å². The second-order valence-corrected chi connectivity index (χ2v) is 10.1. The van der Waals surface area contributed by atoms with E-state index in [2.05, 4.69) is 21.4 Å². The summed E-state index contributed by atoms with van der Waals surface area (Å²) in [6, 6.07) is 15.3. The molecule has 38 heavy (non-hydrogen) atoms. The number of hydrogen-bond acceptors (Lipinski definition) is 8. The zero-order valence-corrected chi connectivity index (χ0v) is 21.8. The van der Waals surface area contributed by atoms with Crippen LogP contribution in [0.1, 0.15) is 36.2 Å². The number of halogens is 1. The maximum Gasteiger partial charge on any atom is 0.236 e. The van der Waals surface area contributed by atoms with Crippen molar-refractivity contribution in [1.29, 1.82) is 5.26 Å². The van der Waals surface area contributed by atoms with Gasteiger partial charge in [-0.15, -0.1) is 0 Å². The largest absolute Gasteiger partial charge is 0.490 e. The van der Waals surface area contributed by atoms with E-state index in [4.69, 9.17) is 21.3 Å². The molecule has 5 rings (SSSR count). The van der Waals surface area contributed by atoms with Crippen molar-refractivity contribution in [3.63, 3.8) is 0 Å². The number of anilines is 1. The fourth-order valence-electron chi connectivity index (χ4n) is 4.33. The molecule has 9 nitrogen and oxygen atoms in total. The fraction of sp³-hybridized carbons (Fsp3) is 0.357. The highest BCUT2D eigenvalue weighted by Crippen LogP contribution is 2.36. The summed E-state index contributed by atoms with van der Waals surface area (Å²) < 4.78 is 7.92. The normalized spacial score (nSPS) is 13.9. The number of nitrogens with zero attached hydrogens (tertiary/aromatic N) is 5. The fourth-order valence-corrected chi connectivity index (χ4v) is 4.45. The van der Waals surface area contributed by atoms with Crippen molar-refractivity contribution in [1.82, 2.24) is 19.5 Å². The van der Waals surface area contributed by atoms with Crippen LogP contribution in [0.4, 0.5) is 5.82 Å². The van der Waals surface area contributed by atoms with E-state index in [1.807, 2.05) is 54.0 Å². The molecule has 0 amide bonds. The smallest absolute Gasteiger partial charge is 0.236 e. The Bertz CT molecular complexity index is 1480. The number of aromatic nitrogens is 4. The number of aliphatic hydroxyl groups is 2. The third-order valence-electron chi connectivity index (χ3n) is 6.52. The predicted molar refractivity (Wildman–Crippen MR) is 145 cm³/mol. The van der Waals surface area contributed by atoms with Gasteiger partial charge in [0, 0.05) is 18.1 Å². The lowest BCUT2D eigenvalue weighted by Gasteiger charge is -2.16. The van der Waals surface area contributed by atoms with Crippen molar-refractivity contribution in [2.75, 3.05) is 25.1 Å². The lowest BCUT2D eigenvalue weighted by atomic mass is 10.1. The molecular formula is C28H29ClN6O3. The first-order valence-corrected chi connectivity index (χ1v) is 13.0. The maximum absolute atomic E-state index is 9.88. The summed E-state index contributed by atoms with van der Waals surface area (Å²) in [5.41, 5.74) is 3.77. The Morgan fingerprint density at radius 3 is 2.68 bits per heavy atom. The summed E-state index contributed by atoms with van der Waals surface area (Å²) in [7, 11) is 0. The van der Waals surface area contributed by atoms with Gasteiger partial charge in [0.15, 0.2) is 11.5 Å². The Labute approximate surface area is 225 Å². The number of nitrogens with one attached hydrogen (secondary N) is 1. The minimum atomic E-state index is -1.01. The van der Waals surface area contributed by atoms with Crippen molar-refractivity contribution in [3.8, 4) is 23.2 Å². The maximum atomic E-state index is 9.88. The van der Waals surface area contributed by atoms with Crippen molar-refractivity contribution in [2.45, 2.75) is 38.8 Å². The molecule has 2 aromatic carbocycles. The molecule has 1 aliphatic carbocycles. The van der Waals surface area contributed by atoms with Gasteiger partial charge in [0.25, 0.3) is 0 Å². The Kier molecular flexibility index (Phi) is 7.74. The summed E-state index contributed by atoms with van der Waals surface area (Å²) in [6.45, 7) is 2.68. The molecule has 0 bridgehead atoms. The molecule has 0 saturated heterocycles. The Hall–Kier alpha value is -3.71. The monoisotopic (exact) mass is 532 g/mol. The second kappa shape index (κ2) is 11.4. The average molecular weight is 533 g/mol. The van der Waals surface area contributed by atoms with E-state index in [1.165, 1.54) is 12.8 Å². The van der Waals surface area contributed by atoms with Crippen molar-refractivity contribution in [2.24, 2.45) is 5.92 Å². The minimum absolute atomic E-state index is 0.0425. The molecular weight excluding hydrogens is 504 g/mol. The lowest BCUT2D eigenvalue weighted by Crippen LogP contribution is -2.21. The molecule has 1 fully saturated rings. The molecule has 4 aromatic rings. The molecule has 0 radical (unpaired) electrons. The van der Waals surface area contributed by atoms with Gasteiger partial charge in [0.1, 0.15) is 35.9 Å². The molecule has 3 N–H and O–H groups in total. The molecule has 0 spiro atoms. The van der Waals surface area contributed by atoms with Gasteiger partial charge >= 0.3 is 0 Å². The molecule has 2 aromatic heterocycles. The second-order valence-electron chi connectivity index (χ2n) is 9.63. The van der Waals surface area contributed by atoms with E-state index in [9.17, 15) is 15.5 Å². The van der Waals surface area contributed by atoms with Crippen molar-refractivity contribution >= 4 is 28.6 Å². The summed E-state index contributed by atoms with van der Waals surface area (Å²) in [5.74, 6) is 2.44. The van der Waals surface area contributed by atoms with Crippen LogP contribution in [0.25, 0.3) is 22.6 Å². The highest BCUT2D eigenvalue weighted by Gasteiger charge is 2.24. The number of benzene rings is 2. The van der Waals surface area contributed by atoms with Gasteiger partial charge in [-0.25, -0.2) is 4.98 Å². The Morgan fingerprint density at radius 2 is 1.97 bits per heavy atom. The van der Waals surface area contributed by atoms with Crippen LogP contribution in [-0.4, -0.2) is 55.6 Å². The Balaban J connectivity index is 1.66. The number of rotatable bonds is 11. The Morgan fingerprint density at radius 1 is 1.18 bits per heavy atom. The zero-order chi connectivity index (χ0) is 26.6. The lowest BCUT2D eigenvalue weighted by molar-refractivity contribution is 0.0538. The van der Waals surface area contributed by atoms with Gasteiger partial charge in [0.2, 0.25) is 5.82 Å². The van der Waals surface area contributed by atoms with Crippen LogP contribution in [0.15, 0.2) is 42.5 Å². The van der Waals surface area contributed by atoms with E-state index in [-0.39, 0.29) is 12.4 Å². The van der Waals surface area contributed by atoms with Gasteiger partial charge in [-0.1, -0.05) is 48.2 Å². The average Bonchev–Trinajstić information content (AvgIpc) is 3.68. The highest BCUT2D eigenvalue weighted by atomic mass is 35.5. The molecule has 1 aliphatic rings. The zero-order valence-electron chi connectivity index (χ0n) is 21.1. The number of nitriles is 1. The number of aryl methyl sites for hydroxylation is 1. The van der Waals surface area contributed by atoms with Gasteiger partial charge in [-0.3, -0.25) is 0 Å². The van der Waals surface area contributed by atoms with Gasteiger partial charge in [-0.2, -0.15) is 15.2 Å². The van der Waals surface area contributed by atoms with E-state index >= 15 is 0 Å². The third-order valence-corrected chi connectivity index (χ3v) is 6.77. The van der Waals surface area contributed by atoms with Crippen LogP contribution in [-0.2, 0) is 6.54 Å². The quantitative estimate of drug-likeness (QED) is 0.260.